The third-order valence-corrected chi connectivity index (χ3v) is 5.07. The van der Waals surface area contributed by atoms with Crippen molar-refractivity contribution < 1.29 is 9.47 Å². The van der Waals surface area contributed by atoms with Gasteiger partial charge in [0, 0.05) is 18.1 Å². The van der Waals surface area contributed by atoms with Gasteiger partial charge in [-0.15, -0.1) is 0 Å². The highest BCUT2D eigenvalue weighted by Crippen LogP contribution is 2.43. The molecule has 2 radical (unpaired) electrons. The summed E-state index contributed by atoms with van der Waals surface area (Å²) in [5, 5.41) is 0. The van der Waals surface area contributed by atoms with Gasteiger partial charge in [0.05, 0.1) is 18.8 Å². The highest BCUT2D eigenvalue weighted by molar-refractivity contribution is 9.10. The molecular weight excluding hydrogens is 331 g/mol. The first kappa shape index (κ1) is 15.2. The zero-order valence-corrected chi connectivity index (χ0v) is 14.0. The van der Waals surface area contributed by atoms with Gasteiger partial charge in [0.1, 0.15) is 12.4 Å². The Labute approximate surface area is 135 Å². The van der Waals surface area contributed by atoms with Crippen LogP contribution in [0.3, 0.4) is 0 Å². The Kier molecular flexibility index (Phi) is 4.77. The van der Waals surface area contributed by atoms with Crippen molar-refractivity contribution in [3.63, 3.8) is 0 Å². The van der Waals surface area contributed by atoms with Crippen molar-refractivity contribution in [2.24, 2.45) is 0 Å². The second-order valence-corrected chi connectivity index (χ2v) is 6.33. The van der Waals surface area contributed by atoms with E-state index < -0.39 is 0 Å². The van der Waals surface area contributed by atoms with Crippen molar-refractivity contribution >= 4 is 29.6 Å². The van der Waals surface area contributed by atoms with Gasteiger partial charge in [-0.25, -0.2) is 0 Å². The zero-order chi connectivity index (χ0) is 14.8. The number of halogens is 1. The fraction of sp³-hybridized carbons (Fsp3) is 0.600. The van der Waals surface area contributed by atoms with E-state index in [0.29, 0.717) is 0 Å². The third kappa shape index (κ3) is 3.08. The molecule has 2 aliphatic rings. The van der Waals surface area contributed by atoms with Crippen LogP contribution in [0.15, 0.2) is 10.5 Å². The molecule has 0 spiro atoms. The SMILES string of the molecule is [B]N1CCc2cc3c(c(Br)c2CC1)N(CCOC)CCO3. The van der Waals surface area contributed by atoms with E-state index in [4.69, 9.17) is 17.5 Å². The molecule has 0 aromatic heterocycles. The lowest BCUT2D eigenvalue weighted by molar-refractivity contribution is 0.201. The Morgan fingerprint density at radius 3 is 2.95 bits per heavy atom. The fourth-order valence-corrected chi connectivity index (χ4v) is 3.94. The van der Waals surface area contributed by atoms with Gasteiger partial charge < -0.3 is 19.2 Å². The van der Waals surface area contributed by atoms with Gasteiger partial charge in [-0.05, 0) is 59.1 Å². The van der Waals surface area contributed by atoms with Gasteiger partial charge in [-0.2, -0.15) is 0 Å². The van der Waals surface area contributed by atoms with Crippen LogP contribution < -0.4 is 9.64 Å². The number of anilines is 1. The maximum absolute atomic E-state index is 5.97. The highest BCUT2D eigenvalue weighted by Gasteiger charge is 2.26. The standard InChI is InChI=1S/C15H20BBrN2O2/c1-20-8-6-18-7-9-21-13-10-11-2-4-19(16)5-3-12(11)14(17)15(13)18/h10H,2-9H2,1H3. The Hall–Kier alpha value is -0.715. The van der Waals surface area contributed by atoms with E-state index in [9.17, 15) is 0 Å². The van der Waals surface area contributed by atoms with Crippen LogP contribution in [-0.2, 0) is 17.6 Å². The van der Waals surface area contributed by atoms with Crippen LogP contribution in [0.2, 0.25) is 0 Å². The van der Waals surface area contributed by atoms with Crippen LogP contribution in [0.4, 0.5) is 5.69 Å². The topological polar surface area (TPSA) is 24.9 Å². The molecule has 1 aromatic carbocycles. The third-order valence-electron chi connectivity index (χ3n) is 4.22. The van der Waals surface area contributed by atoms with Gasteiger partial charge in [0.2, 0.25) is 0 Å². The smallest absolute Gasteiger partial charge is 0.182 e. The number of hydrogen-bond donors (Lipinski definition) is 0. The maximum atomic E-state index is 5.97. The number of hydrogen-bond acceptors (Lipinski definition) is 4. The van der Waals surface area contributed by atoms with E-state index in [2.05, 4.69) is 26.9 Å². The van der Waals surface area contributed by atoms with Crippen LogP contribution in [0, 0.1) is 0 Å². The molecule has 1 aromatic rings. The second kappa shape index (κ2) is 6.59. The van der Waals surface area contributed by atoms with Crippen LogP contribution in [0.1, 0.15) is 11.1 Å². The van der Waals surface area contributed by atoms with E-state index in [1.807, 2.05) is 4.81 Å². The maximum Gasteiger partial charge on any atom is 0.182 e. The number of nitrogens with zero attached hydrogens (tertiary/aromatic N) is 2. The van der Waals surface area contributed by atoms with Crippen molar-refractivity contribution in [1.29, 1.82) is 0 Å². The molecule has 21 heavy (non-hydrogen) atoms. The Morgan fingerprint density at radius 1 is 1.33 bits per heavy atom. The number of ether oxygens (including phenoxy) is 2. The lowest BCUT2D eigenvalue weighted by Gasteiger charge is -2.33. The first-order valence-electron chi connectivity index (χ1n) is 7.41. The van der Waals surface area contributed by atoms with E-state index in [0.717, 1.165) is 58.0 Å². The largest absolute Gasteiger partial charge is 0.490 e. The average molecular weight is 351 g/mol. The quantitative estimate of drug-likeness (QED) is 0.776. The van der Waals surface area contributed by atoms with Gasteiger partial charge in [0.15, 0.2) is 7.98 Å². The van der Waals surface area contributed by atoms with Crippen LogP contribution in [0.25, 0.3) is 0 Å². The molecule has 0 atom stereocenters. The molecule has 0 amide bonds. The van der Waals surface area contributed by atoms with Crippen LogP contribution in [-0.4, -0.2) is 59.3 Å². The summed E-state index contributed by atoms with van der Waals surface area (Å²) in [4.78, 5) is 4.24. The summed E-state index contributed by atoms with van der Waals surface area (Å²) in [6, 6.07) is 2.20. The van der Waals surface area contributed by atoms with Crippen molar-refractivity contribution in [2.75, 3.05) is 51.4 Å². The molecule has 0 fully saturated rings. The number of rotatable bonds is 3. The Balaban J connectivity index is 1.98. The van der Waals surface area contributed by atoms with E-state index in [1.165, 1.54) is 21.3 Å². The summed E-state index contributed by atoms with van der Waals surface area (Å²) in [6.07, 6.45) is 1.94. The van der Waals surface area contributed by atoms with Crippen molar-refractivity contribution in [3.05, 3.63) is 21.7 Å². The molecule has 2 heterocycles. The molecule has 0 bridgehead atoms. The average Bonchev–Trinajstić information content (AvgIpc) is 2.67. The van der Waals surface area contributed by atoms with Crippen LogP contribution in [0.5, 0.6) is 5.75 Å². The van der Waals surface area contributed by atoms with Crippen molar-refractivity contribution in [2.45, 2.75) is 12.8 Å². The lowest BCUT2D eigenvalue weighted by Crippen LogP contribution is -2.35. The predicted octanol–water partition coefficient (Wildman–Crippen LogP) is 1.78. The summed E-state index contributed by atoms with van der Waals surface area (Å²) in [6.45, 7) is 5.02. The predicted molar refractivity (Wildman–Crippen MR) is 88.5 cm³/mol. The second-order valence-electron chi connectivity index (χ2n) is 5.54. The number of benzene rings is 1. The minimum atomic E-state index is 0.722. The van der Waals surface area contributed by atoms with Crippen LogP contribution >= 0.6 is 15.9 Å². The minimum absolute atomic E-state index is 0.722. The molecular formula is C15H20BBrN2O2. The Bertz CT molecular complexity index is 527. The van der Waals surface area contributed by atoms with E-state index in [1.54, 1.807) is 7.11 Å². The molecule has 0 unspecified atom stereocenters. The highest BCUT2D eigenvalue weighted by atomic mass is 79.9. The summed E-state index contributed by atoms with van der Waals surface area (Å²) >= 11 is 3.82. The summed E-state index contributed by atoms with van der Waals surface area (Å²) in [7, 11) is 7.71. The Morgan fingerprint density at radius 2 is 2.14 bits per heavy atom. The molecule has 6 heteroatoms. The lowest BCUT2D eigenvalue weighted by atomic mass is 10.0. The normalized spacial score (nSPS) is 18.7. The first-order valence-corrected chi connectivity index (χ1v) is 8.20. The fourth-order valence-electron chi connectivity index (χ4n) is 3.04. The summed E-state index contributed by atoms with van der Waals surface area (Å²) < 4.78 is 12.3. The minimum Gasteiger partial charge on any atom is -0.490 e. The summed E-state index contributed by atoms with van der Waals surface area (Å²) in [5.74, 6) is 0.980. The molecule has 0 aliphatic carbocycles. The van der Waals surface area contributed by atoms with Gasteiger partial charge >= 0.3 is 0 Å². The van der Waals surface area contributed by atoms with E-state index in [-0.39, 0.29) is 0 Å². The zero-order valence-electron chi connectivity index (χ0n) is 12.4. The number of methoxy groups -OCH3 is 1. The molecule has 112 valence electrons. The summed E-state index contributed by atoms with van der Waals surface area (Å²) in [5.41, 5.74) is 3.89. The van der Waals surface area contributed by atoms with Gasteiger partial charge in [0.25, 0.3) is 0 Å². The molecule has 0 saturated heterocycles. The van der Waals surface area contributed by atoms with Crippen molar-refractivity contribution in [1.82, 2.24) is 4.81 Å². The van der Waals surface area contributed by atoms with Gasteiger partial charge in [-0.3, -0.25) is 0 Å². The molecule has 2 aliphatic heterocycles. The number of fused-ring (bicyclic) bond motifs is 2. The molecule has 0 saturated carbocycles. The molecule has 4 nitrogen and oxygen atoms in total. The van der Waals surface area contributed by atoms with E-state index >= 15 is 0 Å². The molecule has 3 rings (SSSR count). The monoisotopic (exact) mass is 350 g/mol. The molecule has 0 N–H and O–H groups in total. The van der Waals surface area contributed by atoms with Crippen molar-refractivity contribution in [3.8, 4) is 5.75 Å². The first-order chi connectivity index (χ1) is 10.2. The van der Waals surface area contributed by atoms with Gasteiger partial charge in [-0.1, -0.05) is 0 Å².